The fraction of sp³-hybridized carbons (Fsp3) is 0.500. The molecule has 0 saturated carbocycles. The van der Waals surface area contributed by atoms with E-state index in [4.69, 9.17) is 14.2 Å². The predicted molar refractivity (Wildman–Crippen MR) is 163 cm³/mol. The lowest BCUT2D eigenvalue weighted by Gasteiger charge is -2.46. The van der Waals surface area contributed by atoms with Crippen molar-refractivity contribution in [3.8, 4) is 5.75 Å². The molecule has 9 nitrogen and oxygen atoms in total. The minimum atomic E-state index is -1.33. The van der Waals surface area contributed by atoms with Crippen LogP contribution in [0.25, 0.3) is 0 Å². The van der Waals surface area contributed by atoms with Gasteiger partial charge in [0.1, 0.15) is 17.7 Å². The number of benzene rings is 2. The molecule has 0 spiro atoms. The highest BCUT2D eigenvalue weighted by Gasteiger charge is 2.50. The quantitative estimate of drug-likeness (QED) is 0.195. The molecule has 0 radical (unpaired) electrons. The maximum absolute atomic E-state index is 14.0. The third-order valence-electron chi connectivity index (χ3n) is 7.63. The molecule has 0 unspecified atom stereocenters. The van der Waals surface area contributed by atoms with Crippen LogP contribution in [0.2, 0.25) is 0 Å². The van der Waals surface area contributed by atoms with Gasteiger partial charge in [-0.05, 0) is 47.9 Å². The molecular formula is C32H43ClN2O7. The van der Waals surface area contributed by atoms with Gasteiger partial charge in [0.15, 0.2) is 0 Å². The van der Waals surface area contributed by atoms with E-state index in [0.29, 0.717) is 31.1 Å². The van der Waals surface area contributed by atoms with E-state index in [-0.39, 0.29) is 49.5 Å². The third-order valence-corrected chi connectivity index (χ3v) is 7.63. The number of carbonyl (C=O) groups excluding carboxylic acids is 4. The molecule has 0 atom stereocenters. The van der Waals surface area contributed by atoms with Gasteiger partial charge in [0.25, 0.3) is 0 Å². The van der Waals surface area contributed by atoms with Crippen molar-refractivity contribution in [3.05, 3.63) is 59.7 Å². The van der Waals surface area contributed by atoms with E-state index in [2.05, 4.69) is 4.90 Å². The lowest BCUT2D eigenvalue weighted by Crippen LogP contribution is -2.63. The lowest BCUT2D eigenvalue weighted by atomic mass is 9.84. The summed E-state index contributed by atoms with van der Waals surface area (Å²) >= 11 is 0. The Morgan fingerprint density at radius 3 is 1.90 bits per heavy atom. The van der Waals surface area contributed by atoms with Crippen LogP contribution < -0.4 is 9.64 Å². The maximum atomic E-state index is 14.0. The molecule has 10 heteroatoms. The Morgan fingerprint density at radius 1 is 0.833 bits per heavy atom. The molecule has 0 aliphatic carbocycles. The van der Waals surface area contributed by atoms with Crippen LogP contribution >= 0.6 is 12.4 Å². The Labute approximate surface area is 254 Å². The van der Waals surface area contributed by atoms with Crippen LogP contribution in [0.1, 0.15) is 76.3 Å². The average molecular weight is 603 g/mol. The van der Waals surface area contributed by atoms with Gasteiger partial charge < -0.3 is 19.1 Å². The van der Waals surface area contributed by atoms with E-state index in [9.17, 15) is 19.2 Å². The van der Waals surface area contributed by atoms with Crippen LogP contribution in [0, 0.1) is 0 Å². The Hall–Kier alpha value is -3.43. The summed E-state index contributed by atoms with van der Waals surface area (Å²) in [4.78, 5) is 55.8. The Balaban J connectivity index is 0.00000616. The fourth-order valence-electron chi connectivity index (χ4n) is 5.37. The highest BCUT2D eigenvalue weighted by molar-refractivity contribution is 6.08. The summed E-state index contributed by atoms with van der Waals surface area (Å²) in [6.07, 6.45) is 0.211. The summed E-state index contributed by atoms with van der Waals surface area (Å²) in [6, 6.07) is 14.6. The van der Waals surface area contributed by atoms with Gasteiger partial charge in [-0.1, -0.05) is 64.1 Å². The first-order chi connectivity index (χ1) is 19.5. The normalized spacial score (nSPS) is 14.6. The van der Waals surface area contributed by atoms with Crippen molar-refractivity contribution in [1.82, 2.24) is 4.90 Å². The number of halogens is 1. The smallest absolute Gasteiger partial charge is 0.332 e. The summed E-state index contributed by atoms with van der Waals surface area (Å²) in [7, 11) is 2.64. The van der Waals surface area contributed by atoms with E-state index >= 15 is 0 Å². The zero-order valence-electron chi connectivity index (χ0n) is 25.4. The number of methoxy groups -OCH3 is 2. The number of nitrogens with zero attached hydrogens (tertiary/aromatic N) is 2. The Kier molecular flexibility index (Phi) is 13.0. The summed E-state index contributed by atoms with van der Waals surface area (Å²) in [5, 5.41) is 0. The van der Waals surface area contributed by atoms with Crippen LogP contribution in [0.5, 0.6) is 5.75 Å². The Bertz CT molecular complexity index is 1200. The summed E-state index contributed by atoms with van der Waals surface area (Å²) in [6.45, 7) is 9.48. The van der Waals surface area contributed by atoms with Gasteiger partial charge >= 0.3 is 17.9 Å². The Morgan fingerprint density at radius 2 is 1.40 bits per heavy atom. The number of rotatable bonds is 11. The van der Waals surface area contributed by atoms with Crippen molar-refractivity contribution in [2.45, 2.75) is 70.8 Å². The van der Waals surface area contributed by atoms with Crippen molar-refractivity contribution in [1.29, 1.82) is 0 Å². The van der Waals surface area contributed by atoms with E-state index in [1.54, 1.807) is 24.3 Å². The number of para-hydroxylation sites is 2. The van der Waals surface area contributed by atoms with Crippen LogP contribution in [-0.2, 0) is 28.7 Å². The number of esters is 3. The van der Waals surface area contributed by atoms with Gasteiger partial charge in [-0.3, -0.25) is 19.3 Å². The molecule has 0 N–H and O–H groups in total. The van der Waals surface area contributed by atoms with E-state index < -0.39 is 29.8 Å². The van der Waals surface area contributed by atoms with Crippen molar-refractivity contribution in [3.63, 3.8) is 0 Å². The SMILES string of the molecule is COC(=O)CCN1CCC(C(=O)OC)(N(C(=O)CC(=O)Oc2c(C(C)C)cccc2C(C)C)c2ccccc2)CC1.Cl. The molecule has 1 fully saturated rings. The van der Waals surface area contributed by atoms with E-state index in [0.717, 1.165) is 11.1 Å². The van der Waals surface area contributed by atoms with Crippen molar-refractivity contribution >= 4 is 41.9 Å². The number of piperidine rings is 1. The summed E-state index contributed by atoms with van der Waals surface area (Å²) < 4.78 is 15.9. The van der Waals surface area contributed by atoms with Crippen molar-refractivity contribution in [2.24, 2.45) is 0 Å². The highest BCUT2D eigenvalue weighted by Crippen LogP contribution is 2.37. The first-order valence-corrected chi connectivity index (χ1v) is 14.1. The molecule has 1 aliphatic rings. The van der Waals surface area contributed by atoms with Crippen molar-refractivity contribution in [2.75, 3.05) is 38.8 Å². The summed E-state index contributed by atoms with van der Waals surface area (Å²) in [5.74, 6) is -1.40. The van der Waals surface area contributed by atoms with Crippen LogP contribution in [0.15, 0.2) is 48.5 Å². The second kappa shape index (κ2) is 15.7. The third kappa shape index (κ3) is 8.10. The van der Waals surface area contributed by atoms with E-state index in [1.807, 2.05) is 52.0 Å². The number of anilines is 1. The fourth-order valence-corrected chi connectivity index (χ4v) is 5.37. The molecule has 230 valence electrons. The van der Waals surface area contributed by atoms with Crippen LogP contribution in [0.4, 0.5) is 5.69 Å². The zero-order chi connectivity index (χ0) is 30.2. The maximum Gasteiger partial charge on any atom is 0.332 e. The molecule has 0 aromatic heterocycles. The van der Waals surface area contributed by atoms with Gasteiger partial charge in [-0.25, -0.2) is 4.79 Å². The molecular weight excluding hydrogens is 560 g/mol. The molecule has 2 aromatic carbocycles. The van der Waals surface area contributed by atoms with Gasteiger partial charge in [0, 0.05) is 25.3 Å². The van der Waals surface area contributed by atoms with Gasteiger partial charge in [0.05, 0.1) is 20.6 Å². The lowest BCUT2D eigenvalue weighted by molar-refractivity contribution is -0.152. The van der Waals surface area contributed by atoms with Gasteiger partial charge in [-0.2, -0.15) is 0 Å². The highest BCUT2D eigenvalue weighted by atomic mass is 35.5. The predicted octanol–water partition coefficient (Wildman–Crippen LogP) is 5.25. The van der Waals surface area contributed by atoms with Crippen molar-refractivity contribution < 1.29 is 33.4 Å². The minimum absolute atomic E-state index is 0. The van der Waals surface area contributed by atoms with Crippen LogP contribution in [0.3, 0.4) is 0 Å². The topological polar surface area (TPSA) is 102 Å². The number of ether oxygens (including phenoxy) is 3. The number of carbonyl (C=O) groups is 4. The molecule has 3 rings (SSSR count). The molecule has 42 heavy (non-hydrogen) atoms. The largest absolute Gasteiger partial charge is 0.469 e. The number of hydrogen-bond acceptors (Lipinski definition) is 8. The standard InChI is InChI=1S/C32H42N2O7.ClH/c1-22(2)25-13-10-14-26(23(3)4)30(25)41-29(37)21-27(35)34(24-11-8-7-9-12-24)32(31(38)40-6)16-19-33(20-17-32)18-15-28(36)39-5;/h7-14,22-23H,15-21H2,1-6H3;1H. The van der Waals surface area contributed by atoms with E-state index in [1.165, 1.54) is 19.1 Å². The first-order valence-electron chi connectivity index (χ1n) is 14.1. The number of likely N-dealkylation sites (tertiary alicyclic amines) is 1. The molecule has 2 aromatic rings. The second-order valence-electron chi connectivity index (χ2n) is 11.0. The van der Waals surface area contributed by atoms with Gasteiger partial charge in [0.2, 0.25) is 5.91 Å². The first kappa shape index (κ1) is 34.8. The number of hydrogen-bond donors (Lipinski definition) is 0. The molecule has 1 amide bonds. The zero-order valence-corrected chi connectivity index (χ0v) is 26.2. The molecule has 1 aliphatic heterocycles. The van der Waals surface area contributed by atoms with Gasteiger partial charge in [-0.15, -0.1) is 12.4 Å². The monoisotopic (exact) mass is 602 g/mol. The second-order valence-corrected chi connectivity index (χ2v) is 11.0. The average Bonchev–Trinajstić information content (AvgIpc) is 2.96. The molecule has 1 saturated heterocycles. The van der Waals surface area contributed by atoms with Crippen LogP contribution in [-0.4, -0.2) is 68.1 Å². The molecule has 1 heterocycles. The summed E-state index contributed by atoms with van der Waals surface area (Å²) in [5.41, 5.74) is 0.947. The minimum Gasteiger partial charge on any atom is -0.469 e. The molecule has 0 bridgehead atoms. The number of amides is 1.